The van der Waals surface area contributed by atoms with Gasteiger partial charge in [0.25, 0.3) is 0 Å². The third-order valence-electron chi connectivity index (χ3n) is 9.73. The first-order chi connectivity index (χ1) is 23.1. The summed E-state index contributed by atoms with van der Waals surface area (Å²) >= 11 is 0. The second-order valence-corrected chi connectivity index (χ2v) is 13.4. The number of carbonyl (C=O) groups excluding carboxylic acids is 1. The van der Waals surface area contributed by atoms with Crippen LogP contribution in [0, 0.1) is 0 Å². The molecule has 1 fully saturated rings. The summed E-state index contributed by atoms with van der Waals surface area (Å²) in [7, 11) is 0. The van der Waals surface area contributed by atoms with Crippen LogP contribution in [0.1, 0.15) is 114 Å². The molecule has 0 atom stereocenters. The number of rotatable bonds is 19. The van der Waals surface area contributed by atoms with Gasteiger partial charge in [0.2, 0.25) is 5.91 Å². The van der Waals surface area contributed by atoms with Gasteiger partial charge in [-0.15, -0.1) is 0 Å². The Labute approximate surface area is 281 Å². The SMILES string of the molecule is CCCCCCCCCCCCCCCCC(=O)n1c(=O)oc2c(N3CCN(Cc4cccc(-c5ccccc5)c4)CC3)cccc21. The Balaban J connectivity index is 1.04. The Morgan fingerprint density at radius 2 is 1.26 bits per heavy atom. The second kappa shape index (κ2) is 18.6. The number of carbonyl (C=O) groups is 1. The predicted octanol–water partition coefficient (Wildman–Crippen LogP) is 10.1. The van der Waals surface area contributed by atoms with Crippen LogP contribution in [0.25, 0.3) is 22.2 Å². The monoisotopic (exact) mass is 637 g/mol. The van der Waals surface area contributed by atoms with Gasteiger partial charge in [-0.1, -0.05) is 145 Å². The molecule has 0 bridgehead atoms. The fourth-order valence-electron chi connectivity index (χ4n) is 6.98. The highest BCUT2D eigenvalue weighted by molar-refractivity contribution is 5.94. The van der Waals surface area contributed by atoms with E-state index >= 15 is 0 Å². The number of benzene rings is 3. The molecule has 0 spiro atoms. The van der Waals surface area contributed by atoms with Crippen LogP contribution in [-0.2, 0) is 6.54 Å². The summed E-state index contributed by atoms with van der Waals surface area (Å²) in [5, 5.41) is 0. The molecule has 0 radical (unpaired) electrons. The molecular weight excluding hydrogens is 582 g/mol. The Hall–Kier alpha value is -3.64. The summed E-state index contributed by atoms with van der Waals surface area (Å²) in [6.07, 6.45) is 18.2. The van der Waals surface area contributed by atoms with E-state index in [1.807, 2.05) is 24.3 Å². The summed E-state index contributed by atoms with van der Waals surface area (Å²) in [5.41, 5.74) is 5.79. The molecule has 0 saturated carbocycles. The Bertz CT molecular complexity index is 1570. The van der Waals surface area contributed by atoms with E-state index in [1.165, 1.54) is 91.9 Å². The number of unbranched alkanes of at least 4 members (excludes halogenated alkanes) is 13. The Morgan fingerprint density at radius 1 is 0.660 bits per heavy atom. The lowest BCUT2D eigenvalue weighted by Crippen LogP contribution is -2.46. The average molecular weight is 638 g/mol. The standard InChI is InChI=1S/C41H55N3O3/c1-2-3-4-5-6-7-8-9-10-11-12-13-14-18-27-39(45)44-38-26-20-25-37(40(38)47-41(44)46)43-30-28-42(29-31-43)33-34-21-19-24-36(32-34)35-22-16-15-17-23-35/h15-17,19-26,32H,2-14,18,27-31,33H2,1H3. The topological polar surface area (TPSA) is 58.7 Å². The maximum absolute atomic E-state index is 13.2. The van der Waals surface area contributed by atoms with Crippen molar-refractivity contribution in [1.29, 1.82) is 0 Å². The number of piperazine rings is 1. The molecule has 1 aliphatic heterocycles. The average Bonchev–Trinajstić information content (AvgIpc) is 3.45. The minimum absolute atomic E-state index is 0.160. The molecule has 5 rings (SSSR count). The smallest absolute Gasteiger partial charge is 0.405 e. The van der Waals surface area contributed by atoms with Gasteiger partial charge < -0.3 is 9.32 Å². The van der Waals surface area contributed by atoms with E-state index < -0.39 is 5.76 Å². The fraction of sp³-hybridized carbons (Fsp3) is 0.512. The van der Waals surface area contributed by atoms with Gasteiger partial charge in [0.05, 0.1) is 5.69 Å². The molecular formula is C41H55N3O3. The van der Waals surface area contributed by atoms with Gasteiger partial charge in [-0.2, -0.15) is 0 Å². The molecule has 0 unspecified atom stereocenters. The predicted molar refractivity (Wildman–Crippen MR) is 195 cm³/mol. The second-order valence-electron chi connectivity index (χ2n) is 13.4. The van der Waals surface area contributed by atoms with Gasteiger partial charge in [0.1, 0.15) is 5.52 Å². The molecule has 0 amide bonds. The number of fused-ring (bicyclic) bond motifs is 1. The minimum Gasteiger partial charge on any atom is -0.405 e. The highest BCUT2D eigenvalue weighted by Gasteiger charge is 2.23. The molecule has 47 heavy (non-hydrogen) atoms. The lowest BCUT2D eigenvalue weighted by Gasteiger charge is -2.36. The van der Waals surface area contributed by atoms with Crippen LogP contribution in [0.2, 0.25) is 0 Å². The number of para-hydroxylation sites is 1. The zero-order chi connectivity index (χ0) is 32.7. The summed E-state index contributed by atoms with van der Waals surface area (Å²) in [5.74, 6) is -0.730. The van der Waals surface area contributed by atoms with Gasteiger partial charge in [-0.25, -0.2) is 9.36 Å². The van der Waals surface area contributed by atoms with E-state index in [2.05, 4.69) is 65.3 Å². The lowest BCUT2D eigenvalue weighted by molar-refractivity contribution is 0.0895. The molecule has 6 nitrogen and oxygen atoms in total. The molecule has 1 saturated heterocycles. The fourth-order valence-corrected chi connectivity index (χ4v) is 6.98. The molecule has 6 heteroatoms. The van der Waals surface area contributed by atoms with Crippen molar-refractivity contribution >= 4 is 22.7 Å². The van der Waals surface area contributed by atoms with Crippen molar-refractivity contribution in [2.45, 2.75) is 110 Å². The van der Waals surface area contributed by atoms with Crippen molar-refractivity contribution in [1.82, 2.24) is 9.47 Å². The number of nitrogens with zero attached hydrogens (tertiary/aromatic N) is 3. The van der Waals surface area contributed by atoms with E-state index in [0.29, 0.717) is 17.5 Å². The van der Waals surface area contributed by atoms with Crippen LogP contribution in [0.3, 0.4) is 0 Å². The van der Waals surface area contributed by atoms with Crippen LogP contribution in [0.15, 0.2) is 82.0 Å². The van der Waals surface area contributed by atoms with Gasteiger partial charge in [-0.05, 0) is 41.3 Å². The highest BCUT2D eigenvalue weighted by atomic mass is 16.4. The summed E-state index contributed by atoms with van der Waals surface area (Å²) in [6, 6.07) is 25.1. The Morgan fingerprint density at radius 3 is 1.91 bits per heavy atom. The number of aromatic nitrogens is 1. The maximum Gasteiger partial charge on any atom is 0.426 e. The molecule has 1 aromatic heterocycles. The van der Waals surface area contributed by atoms with Gasteiger partial charge in [-0.3, -0.25) is 9.69 Å². The zero-order valence-electron chi connectivity index (χ0n) is 28.6. The van der Waals surface area contributed by atoms with Crippen molar-refractivity contribution in [3.8, 4) is 11.1 Å². The third kappa shape index (κ3) is 10.2. The van der Waals surface area contributed by atoms with Crippen molar-refractivity contribution in [2.24, 2.45) is 0 Å². The summed E-state index contributed by atoms with van der Waals surface area (Å²) < 4.78 is 7.00. The first-order valence-electron chi connectivity index (χ1n) is 18.4. The lowest BCUT2D eigenvalue weighted by atomic mass is 10.0. The molecule has 0 N–H and O–H groups in total. The Kier molecular flexibility index (Phi) is 13.8. The van der Waals surface area contributed by atoms with E-state index in [0.717, 1.165) is 57.7 Å². The molecule has 1 aliphatic rings. The van der Waals surface area contributed by atoms with E-state index in [4.69, 9.17) is 4.42 Å². The number of anilines is 1. The number of hydrogen-bond acceptors (Lipinski definition) is 5. The molecule has 3 aromatic carbocycles. The van der Waals surface area contributed by atoms with E-state index in [9.17, 15) is 9.59 Å². The van der Waals surface area contributed by atoms with Gasteiger partial charge in [0.15, 0.2) is 5.58 Å². The number of oxazole rings is 1. The largest absolute Gasteiger partial charge is 0.426 e. The van der Waals surface area contributed by atoms with Crippen molar-refractivity contribution in [2.75, 3.05) is 31.1 Å². The zero-order valence-corrected chi connectivity index (χ0v) is 28.6. The van der Waals surface area contributed by atoms with Crippen LogP contribution in [-0.4, -0.2) is 41.6 Å². The molecule has 0 aliphatic carbocycles. The first kappa shape index (κ1) is 34.7. The van der Waals surface area contributed by atoms with E-state index in [-0.39, 0.29) is 5.91 Å². The maximum atomic E-state index is 13.2. The van der Waals surface area contributed by atoms with E-state index in [1.54, 1.807) is 0 Å². The van der Waals surface area contributed by atoms with Gasteiger partial charge in [0, 0.05) is 39.1 Å². The van der Waals surface area contributed by atoms with Crippen LogP contribution >= 0.6 is 0 Å². The van der Waals surface area contributed by atoms with Crippen molar-refractivity contribution in [3.63, 3.8) is 0 Å². The highest BCUT2D eigenvalue weighted by Crippen LogP contribution is 2.28. The number of hydrogen-bond donors (Lipinski definition) is 0. The molecule has 252 valence electrons. The molecule has 2 heterocycles. The molecule has 4 aromatic rings. The van der Waals surface area contributed by atoms with Crippen molar-refractivity contribution in [3.05, 3.63) is 88.9 Å². The summed E-state index contributed by atoms with van der Waals surface area (Å²) in [4.78, 5) is 30.8. The summed E-state index contributed by atoms with van der Waals surface area (Å²) in [6.45, 7) is 6.66. The van der Waals surface area contributed by atoms with Crippen LogP contribution < -0.4 is 10.7 Å². The third-order valence-corrected chi connectivity index (χ3v) is 9.73. The first-order valence-corrected chi connectivity index (χ1v) is 18.4. The minimum atomic E-state index is -0.570. The van der Waals surface area contributed by atoms with Crippen LogP contribution in [0.5, 0.6) is 0 Å². The van der Waals surface area contributed by atoms with Crippen LogP contribution in [0.4, 0.5) is 5.69 Å². The van der Waals surface area contributed by atoms with Gasteiger partial charge >= 0.3 is 5.76 Å². The normalized spacial score (nSPS) is 13.9. The van der Waals surface area contributed by atoms with Crippen molar-refractivity contribution < 1.29 is 9.21 Å². The quantitative estimate of drug-likeness (QED) is 0.0958.